The summed E-state index contributed by atoms with van der Waals surface area (Å²) in [6, 6.07) is 12.3. The van der Waals surface area contributed by atoms with Crippen LogP contribution in [-0.2, 0) is 23.8 Å². The first-order valence-electron chi connectivity index (χ1n) is 10.7. The molecule has 0 bridgehead atoms. The highest BCUT2D eigenvalue weighted by Crippen LogP contribution is 2.27. The van der Waals surface area contributed by atoms with Gasteiger partial charge in [-0.05, 0) is 25.1 Å². The molecule has 180 valence electrons. The van der Waals surface area contributed by atoms with Crippen molar-refractivity contribution in [1.29, 1.82) is 0 Å². The lowest BCUT2D eigenvalue weighted by Crippen LogP contribution is -2.39. The Balaban J connectivity index is 1.78. The van der Waals surface area contributed by atoms with Gasteiger partial charge in [0.15, 0.2) is 6.61 Å². The molecule has 0 aromatic heterocycles. The SMILES string of the molecule is CCOC(=O)CN(C(=O)COC(=O)c1cc([N+](=O)[O-])ccc1N1CCOCC1)c1ccccc1. The molecule has 11 nitrogen and oxygen atoms in total. The maximum absolute atomic E-state index is 12.9. The minimum absolute atomic E-state index is 0.0273. The molecule has 3 rings (SSSR count). The number of para-hydroxylation sites is 1. The van der Waals surface area contributed by atoms with Gasteiger partial charge in [0.25, 0.3) is 11.6 Å². The number of carbonyl (C=O) groups excluding carboxylic acids is 3. The van der Waals surface area contributed by atoms with Crippen LogP contribution in [0.3, 0.4) is 0 Å². The highest BCUT2D eigenvalue weighted by molar-refractivity contribution is 6.01. The van der Waals surface area contributed by atoms with Crippen molar-refractivity contribution >= 4 is 34.9 Å². The summed E-state index contributed by atoms with van der Waals surface area (Å²) in [4.78, 5) is 51.5. The number of non-ortho nitro benzene ring substituents is 1. The highest BCUT2D eigenvalue weighted by atomic mass is 16.6. The monoisotopic (exact) mass is 471 g/mol. The van der Waals surface area contributed by atoms with E-state index in [0.717, 1.165) is 11.0 Å². The van der Waals surface area contributed by atoms with Crippen molar-refractivity contribution in [3.63, 3.8) is 0 Å². The molecule has 0 radical (unpaired) electrons. The van der Waals surface area contributed by atoms with E-state index in [0.29, 0.717) is 37.7 Å². The molecule has 11 heteroatoms. The van der Waals surface area contributed by atoms with Gasteiger partial charge in [-0.3, -0.25) is 24.6 Å². The van der Waals surface area contributed by atoms with E-state index in [1.165, 1.54) is 12.1 Å². The van der Waals surface area contributed by atoms with Crippen LogP contribution in [0.5, 0.6) is 0 Å². The normalized spacial score (nSPS) is 13.1. The number of nitro benzene ring substituents is 1. The molecule has 1 saturated heterocycles. The zero-order valence-corrected chi connectivity index (χ0v) is 18.7. The fourth-order valence-corrected chi connectivity index (χ4v) is 3.43. The fourth-order valence-electron chi connectivity index (χ4n) is 3.43. The zero-order valence-electron chi connectivity index (χ0n) is 18.7. The summed E-state index contributed by atoms with van der Waals surface area (Å²) in [5.74, 6) is -2.15. The van der Waals surface area contributed by atoms with Crippen LogP contribution in [-0.4, -0.2) is 68.8 Å². The Morgan fingerprint density at radius 3 is 2.44 bits per heavy atom. The van der Waals surface area contributed by atoms with E-state index < -0.39 is 29.4 Å². The Bertz CT molecular complexity index is 1040. The summed E-state index contributed by atoms with van der Waals surface area (Å²) in [6.45, 7) is 2.67. The van der Waals surface area contributed by atoms with Gasteiger partial charge in [0.1, 0.15) is 6.54 Å². The lowest BCUT2D eigenvalue weighted by atomic mass is 10.1. The maximum Gasteiger partial charge on any atom is 0.341 e. The topological polar surface area (TPSA) is 129 Å². The minimum atomic E-state index is -0.886. The molecule has 0 aliphatic carbocycles. The number of anilines is 2. The van der Waals surface area contributed by atoms with E-state index in [1.807, 2.05) is 4.90 Å². The molecule has 0 N–H and O–H groups in total. The molecule has 0 saturated carbocycles. The van der Waals surface area contributed by atoms with Crippen LogP contribution in [0.25, 0.3) is 0 Å². The third kappa shape index (κ3) is 6.29. The lowest BCUT2D eigenvalue weighted by molar-refractivity contribution is -0.384. The summed E-state index contributed by atoms with van der Waals surface area (Å²) in [6.07, 6.45) is 0. The summed E-state index contributed by atoms with van der Waals surface area (Å²) < 4.78 is 15.5. The second-order valence-corrected chi connectivity index (χ2v) is 7.25. The Kier molecular flexibility index (Phi) is 8.52. The van der Waals surface area contributed by atoms with Crippen molar-refractivity contribution in [2.45, 2.75) is 6.92 Å². The number of nitrogens with zero attached hydrogens (tertiary/aromatic N) is 3. The van der Waals surface area contributed by atoms with E-state index in [1.54, 1.807) is 37.3 Å². The quantitative estimate of drug-likeness (QED) is 0.307. The number of carbonyl (C=O) groups is 3. The molecular weight excluding hydrogens is 446 g/mol. The van der Waals surface area contributed by atoms with Gasteiger partial charge in [0.05, 0.1) is 36.0 Å². The number of hydrogen-bond acceptors (Lipinski definition) is 9. The first-order chi connectivity index (χ1) is 16.4. The third-order valence-corrected chi connectivity index (χ3v) is 5.05. The summed E-state index contributed by atoms with van der Waals surface area (Å²) in [5, 5.41) is 11.2. The van der Waals surface area contributed by atoms with Gasteiger partial charge in [0.2, 0.25) is 0 Å². The van der Waals surface area contributed by atoms with Crippen molar-refractivity contribution in [2.24, 2.45) is 0 Å². The molecular formula is C23H25N3O8. The smallest absolute Gasteiger partial charge is 0.341 e. The van der Waals surface area contributed by atoms with Gasteiger partial charge >= 0.3 is 11.9 Å². The first kappa shape index (κ1) is 24.6. The number of esters is 2. The first-order valence-corrected chi connectivity index (χ1v) is 10.7. The second-order valence-electron chi connectivity index (χ2n) is 7.25. The van der Waals surface area contributed by atoms with Gasteiger partial charge in [-0.25, -0.2) is 4.79 Å². The molecule has 1 aliphatic rings. The van der Waals surface area contributed by atoms with Crippen LogP contribution in [0.4, 0.5) is 17.1 Å². The molecule has 0 spiro atoms. The summed E-state index contributed by atoms with van der Waals surface area (Å²) in [5.41, 5.74) is 0.586. The number of hydrogen-bond donors (Lipinski definition) is 0. The van der Waals surface area contributed by atoms with Gasteiger partial charge in [-0.2, -0.15) is 0 Å². The molecule has 2 aromatic carbocycles. The zero-order chi connectivity index (χ0) is 24.5. The highest BCUT2D eigenvalue weighted by Gasteiger charge is 2.25. The molecule has 1 heterocycles. The molecule has 0 atom stereocenters. The van der Waals surface area contributed by atoms with Crippen LogP contribution >= 0.6 is 0 Å². The van der Waals surface area contributed by atoms with Gasteiger partial charge < -0.3 is 19.1 Å². The van der Waals surface area contributed by atoms with Crippen LogP contribution in [0.15, 0.2) is 48.5 Å². The van der Waals surface area contributed by atoms with Crippen molar-refractivity contribution in [3.05, 3.63) is 64.2 Å². The minimum Gasteiger partial charge on any atom is -0.465 e. The van der Waals surface area contributed by atoms with Gasteiger partial charge in [-0.1, -0.05) is 18.2 Å². The predicted molar refractivity (Wildman–Crippen MR) is 122 cm³/mol. The average Bonchev–Trinajstić information content (AvgIpc) is 2.86. The number of rotatable bonds is 9. The van der Waals surface area contributed by atoms with E-state index in [9.17, 15) is 24.5 Å². The number of benzene rings is 2. The largest absolute Gasteiger partial charge is 0.465 e. The van der Waals surface area contributed by atoms with Gasteiger partial charge in [-0.15, -0.1) is 0 Å². The third-order valence-electron chi connectivity index (χ3n) is 5.05. The van der Waals surface area contributed by atoms with Crippen molar-refractivity contribution in [1.82, 2.24) is 0 Å². The van der Waals surface area contributed by atoms with E-state index in [2.05, 4.69) is 0 Å². The van der Waals surface area contributed by atoms with Gasteiger partial charge in [0, 0.05) is 30.9 Å². The number of ether oxygens (including phenoxy) is 3. The summed E-state index contributed by atoms with van der Waals surface area (Å²) >= 11 is 0. The van der Waals surface area contributed by atoms with Crippen molar-refractivity contribution in [2.75, 3.05) is 55.9 Å². The predicted octanol–water partition coefficient (Wildman–Crippen LogP) is 2.18. The molecule has 1 amide bonds. The van der Waals surface area contributed by atoms with Crippen LogP contribution in [0.1, 0.15) is 17.3 Å². The number of nitro groups is 1. The Morgan fingerprint density at radius 2 is 1.79 bits per heavy atom. The Hall–Kier alpha value is -3.99. The van der Waals surface area contributed by atoms with E-state index >= 15 is 0 Å². The Morgan fingerprint density at radius 1 is 1.09 bits per heavy atom. The molecule has 1 fully saturated rings. The van der Waals surface area contributed by atoms with Crippen LogP contribution in [0.2, 0.25) is 0 Å². The van der Waals surface area contributed by atoms with Crippen molar-refractivity contribution in [3.8, 4) is 0 Å². The van der Waals surface area contributed by atoms with Crippen LogP contribution in [0, 0.1) is 10.1 Å². The number of morpholine rings is 1. The standard InChI is InChI=1S/C23H25N3O8/c1-2-33-22(28)15-25(17-6-4-3-5-7-17)21(27)16-34-23(29)19-14-18(26(30)31)8-9-20(19)24-10-12-32-13-11-24/h3-9,14H,2,10-13,15-16H2,1H3. The fraction of sp³-hybridized carbons (Fsp3) is 0.348. The van der Waals surface area contributed by atoms with Crippen molar-refractivity contribution < 1.29 is 33.5 Å². The maximum atomic E-state index is 12.9. The second kappa shape index (κ2) is 11.8. The van der Waals surface area contributed by atoms with E-state index in [4.69, 9.17) is 14.2 Å². The molecule has 0 unspecified atom stereocenters. The number of amides is 1. The van der Waals surface area contributed by atoms with E-state index in [-0.39, 0.29) is 24.4 Å². The lowest BCUT2D eigenvalue weighted by Gasteiger charge is -2.30. The average molecular weight is 471 g/mol. The molecule has 34 heavy (non-hydrogen) atoms. The molecule has 2 aromatic rings. The summed E-state index contributed by atoms with van der Waals surface area (Å²) in [7, 11) is 0. The van der Waals surface area contributed by atoms with Crippen LogP contribution < -0.4 is 9.80 Å². The molecule has 1 aliphatic heterocycles. The Labute approximate surface area is 195 Å².